The highest BCUT2D eigenvalue weighted by Gasteiger charge is 2.26. The van der Waals surface area contributed by atoms with Gasteiger partial charge in [0, 0.05) is 32.8 Å². The van der Waals surface area contributed by atoms with Crippen LogP contribution in [0.15, 0.2) is 30.5 Å². The van der Waals surface area contributed by atoms with Crippen molar-refractivity contribution in [2.24, 2.45) is 0 Å². The highest BCUT2D eigenvalue weighted by atomic mass is 16.5. The van der Waals surface area contributed by atoms with Crippen molar-refractivity contribution < 1.29 is 9.53 Å². The van der Waals surface area contributed by atoms with E-state index in [-0.39, 0.29) is 12.0 Å². The van der Waals surface area contributed by atoms with Gasteiger partial charge in [0.05, 0.1) is 24.5 Å². The maximum Gasteiger partial charge on any atom is 0.224 e. The Morgan fingerprint density at radius 3 is 3.04 bits per heavy atom. The molecule has 1 atom stereocenters. The molecule has 1 amide bonds. The summed E-state index contributed by atoms with van der Waals surface area (Å²) in [5, 5.41) is 7.34. The van der Waals surface area contributed by atoms with Gasteiger partial charge in [-0.25, -0.2) is 4.98 Å². The largest absolute Gasteiger partial charge is 0.373 e. The summed E-state index contributed by atoms with van der Waals surface area (Å²) in [6.45, 7) is 4.23. The first-order chi connectivity index (χ1) is 11.7. The summed E-state index contributed by atoms with van der Waals surface area (Å²) >= 11 is 0. The van der Waals surface area contributed by atoms with Crippen LogP contribution in [0.25, 0.3) is 0 Å². The Hall–Kier alpha value is -2.41. The molecule has 24 heavy (non-hydrogen) atoms. The van der Waals surface area contributed by atoms with E-state index in [1.807, 2.05) is 54.0 Å². The zero-order chi connectivity index (χ0) is 16.9. The summed E-state index contributed by atoms with van der Waals surface area (Å²) in [6.07, 6.45) is 2.17. The smallest absolute Gasteiger partial charge is 0.224 e. The molecule has 1 N–H and O–H groups in total. The fraction of sp³-hybridized carbons (Fsp3) is 0.471. The minimum atomic E-state index is -0.178. The summed E-state index contributed by atoms with van der Waals surface area (Å²) in [5.74, 6) is 0.926. The minimum absolute atomic E-state index is 0.126. The van der Waals surface area contributed by atoms with Crippen molar-refractivity contribution in [2.75, 3.05) is 32.1 Å². The molecule has 0 unspecified atom stereocenters. The molecule has 0 radical (unpaired) electrons. The molecule has 0 saturated carbocycles. The number of amides is 1. The summed E-state index contributed by atoms with van der Waals surface area (Å²) in [6, 6.07) is 7.72. The molecule has 2 aromatic heterocycles. The quantitative estimate of drug-likeness (QED) is 0.902. The van der Waals surface area contributed by atoms with E-state index in [4.69, 9.17) is 4.74 Å². The highest BCUT2D eigenvalue weighted by molar-refractivity contribution is 5.76. The minimum Gasteiger partial charge on any atom is -0.373 e. The summed E-state index contributed by atoms with van der Waals surface area (Å²) in [4.78, 5) is 18.9. The van der Waals surface area contributed by atoms with Gasteiger partial charge in [-0.2, -0.15) is 5.10 Å². The molecule has 2 aromatic rings. The van der Waals surface area contributed by atoms with Crippen LogP contribution < -0.4 is 5.32 Å². The van der Waals surface area contributed by atoms with Crippen LogP contribution in [0.4, 0.5) is 5.82 Å². The highest BCUT2D eigenvalue weighted by Crippen LogP contribution is 2.22. The number of rotatable bonds is 5. The standard InChI is InChI=1S/C17H23N5O2/c1-13-6-8-22(20-13)9-7-17(23)21-10-11-24-15(12-21)14-4-3-5-16(18-2)19-14/h3-6,8,15H,7,9-12H2,1-2H3,(H,18,19)/t15-/m1/s1. The number of anilines is 1. The van der Waals surface area contributed by atoms with Gasteiger partial charge < -0.3 is 15.0 Å². The first-order valence-corrected chi connectivity index (χ1v) is 8.20. The van der Waals surface area contributed by atoms with Crippen LogP contribution in [-0.2, 0) is 16.1 Å². The molecule has 3 heterocycles. The number of aromatic nitrogens is 3. The monoisotopic (exact) mass is 329 g/mol. The second-order valence-electron chi connectivity index (χ2n) is 5.87. The van der Waals surface area contributed by atoms with Crippen molar-refractivity contribution in [2.45, 2.75) is 26.0 Å². The predicted molar refractivity (Wildman–Crippen MR) is 90.6 cm³/mol. The SMILES string of the molecule is CNc1cccc([C@H]2CN(C(=O)CCn3ccc(C)n3)CCO2)n1. The van der Waals surface area contributed by atoms with Gasteiger partial charge in [-0.3, -0.25) is 9.48 Å². The van der Waals surface area contributed by atoms with Crippen LogP contribution in [0.2, 0.25) is 0 Å². The third-order valence-electron chi connectivity index (χ3n) is 4.10. The van der Waals surface area contributed by atoms with E-state index in [0.717, 1.165) is 17.2 Å². The predicted octanol–water partition coefficient (Wildman–Crippen LogP) is 1.62. The maximum atomic E-state index is 12.5. The maximum absolute atomic E-state index is 12.5. The molecule has 1 fully saturated rings. The lowest BCUT2D eigenvalue weighted by atomic mass is 10.1. The van der Waals surface area contributed by atoms with Crippen LogP contribution in [0, 0.1) is 6.92 Å². The van der Waals surface area contributed by atoms with Crippen LogP contribution in [0.5, 0.6) is 0 Å². The van der Waals surface area contributed by atoms with Gasteiger partial charge in [-0.05, 0) is 25.1 Å². The van der Waals surface area contributed by atoms with Gasteiger partial charge in [-0.15, -0.1) is 0 Å². The van der Waals surface area contributed by atoms with Crippen molar-refractivity contribution in [1.29, 1.82) is 0 Å². The third-order valence-corrected chi connectivity index (χ3v) is 4.10. The summed E-state index contributed by atoms with van der Waals surface area (Å²) in [7, 11) is 1.83. The second kappa shape index (κ2) is 7.44. The number of ether oxygens (including phenoxy) is 1. The van der Waals surface area contributed by atoms with E-state index in [1.54, 1.807) is 0 Å². The molecule has 0 bridgehead atoms. The second-order valence-corrected chi connectivity index (χ2v) is 5.87. The number of carbonyl (C=O) groups excluding carboxylic acids is 1. The van der Waals surface area contributed by atoms with Gasteiger partial charge in [0.25, 0.3) is 0 Å². The number of hydrogen-bond donors (Lipinski definition) is 1. The van der Waals surface area contributed by atoms with Crippen LogP contribution in [0.1, 0.15) is 23.9 Å². The lowest BCUT2D eigenvalue weighted by Crippen LogP contribution is -2.42. The fourth-order valence-electron chi connectivity index (χ4n) is 2.78. The number of nitrogens with zero attached hydrogens (tertiary/aromatic N) is 4. The molecule has 0 aromatic carbocycles. The van der Waals surface area contributed by atoms with Crippen molar-refractivity contribution in [1.82, 2.24) is 19.7 Å². The fourth-order valence-corrected chi connectivity index (χ4v) is 2.78. The molecule has 0 spiro atoms. The van der Waals surface area contributed by atoms with Crippen LogP contribution in [0.3, 0.4) is 0 Å². The normalized spacial score (nSPS) is 17.8. The Morgan fingerprint density at radius 1 is 1.42 bits per heavy atom. The van der Waals surface area contributed by atoms with Gasteiger partial charge in [0.2, 0.25) is 5.91 Å². The van der Waals surface area contributed by atoms with Crippen LogP contribution >= 0.6 is 0 Å². The Morgan fingerprint density at radius 2 is 2.29 bits per heavy atom. The number of morpholine rings is 1. The molecule has 1 saturated heterocycles. The van der Waals surface area contributed by atoms with E-state index >= 15 is 0 Å². The number of carbonyl (C=O) groups is 1. The number of pyridine rings is 1. The molecule has 7 nitrogen and oxygen atoms in total. The van der Waals surface area contributed by atoms with Gasteiger partial charge in [0.1, 0.15) is 11.9 Å². The van der Waals surface area contributed by atoms with Crippen molar-refractivity contribution in [3.05, 3.63) is 41.9 Å². The number of hydrogen-bond acceptors (Lipinski definition) is 5. The van der Waals surface area contributed by atoms with Crippen LogP contribution in [-0.4, -0.2) is 52.3 Å². The Bertz CT molecular complexity index is 700. The molecular weight excluding hydrogens is 306 g/mol. The van der Waals surface area contributed by atoms with Crippen molar-refractivity contribution in [3.8, 4) is 0 Å². The summed E-state index contributed by atoms with van der Waals surface area (Å²) < 4.78 is 7.62. The summed E-state index contributed by atoms with van der Waals surface area (Å²) in [5.41, 5.74) is 1.81. The topological polar surface area (TPSA) is 72.3 Å². The Kier molecular flexibility index (Phi) is 5.10. The van der Waals surface area contributed by atoms with Gasteiger partial charge in [0.15, 0.2) is 0 Å². The number of nitrogens with one attached hydrogen (secondary N) is 1. The van der Waals surface area contributed by atoms with E-state index in [9.17, 15) is 4.79 Å². The zero-order valence-corrected chi connectivity index (χ0v) is 14.1. The van der Waals surface area contributed by atoms with E-state index in [2.05, 4.69) is 15.4 Å². The lowest BCUT2D eigenvalue weighted by Gasteiger charge is -2.32. The molecule has 7 heteroatoms. The van der Waals surface area contributed by atoms with E-state index in [1.165, 1.54) is 0 Å². The molecule has 128 valence electrons. The Labute approximate surface area is 141 Å². The third kappa shape index (κ3) is 3.91. The molecule has 0 aliphatic carbocycles. The van der Waals surface area contributed by atoms with Crippen molar-refractivity contribution in [3.63, 3.8) is 0 Å². The molecule has 3 rings (SSSR count). The lowest BCUT2D eigenvalue weighted by molar-refractivity contribution is -0.139. The molecule has 1 aliphatic heterocycles. The van der Waals surface area contributed by atoms with E-state index in [0.29, 0.717) is 32.7 Å². The van der Waals surface area contributed by atoms with Gasteiger partial charge in [-0.1, -0.05) is 6.07 Å². The molecular formula is C17H23N5O2. The first-order valence-electron chi connectivity index (χ1n) is 8.20. The Balaban J connectivity index is 1.59. The average Bonchev–Trinajstić information content (AvgIpc) is 3.05. The first kappa shape index (κ1) is 16.4. The van der Waals surface area contributed by atoms with Gasteiger partial charge >= 0.3 is 0 Å². The zero-order valence-electron chi connectivity index (χ0n) is 14.1. The molecule has 1 aliphatic rings. The van der Waals surface area contributed by atoms with Crippen molar-refractivity contribution >= 4 is 11.7 Å². The average molecular weight is 329 g/mol. The van der Waals surface area contributed by atoms with E-state index < -0.39 is 0 Å². The number of aryl methyl sites for hydroxylation is 2.